The summed E-state index contributed by atoms with van der Waals surface area (Å²) in [6.07, 6.45) is 5.09. The van der Waals surface area contributed by atoms with E-state index in [0.717, 1.165) is 24.0 Å². The van der Waals surface area contributed by atoms with Crippen LogP contribution in [-0.2, 0) is 27.4 Å². The maximum Gasteiger partial charge on any atom is 0.155 e. The Kier molecular flexibility index (Phi) is 9.84. The molecule has 0 atom stereocenters. The van der Waals surface area contributed by atoms with Crippen molar-refractivity contribution in [1.29, 1.82) is 0 Å². The molecule has 0 amide bonds. The van der Waals surface area contributed by atoms with E-state index in [9.17, 15) is 18.1 Å². The Hall–Kier alpha value is -2.28. The molecule has 0 radical (unpaired) electrons. The lowest BCUT2D eigenvalue weighted by atomic mass is 10.1. The molecule has 1 fully saturated rings. The molecule has 5 rings (SSSR count). The van der Waals surface area contributed by atoms with Crippen molar-refractivity contribution in [3.63, 3.8) is 0 Å². The van der Waals surface area contributed by atoms with Crippen LogP contribution in [0.15, 0.2) is 65.6 Å². The molecule has 0 spiro atoms. The second kappa shape index (κ2) is 12.6. The van der Waals surface area contributed by atoms with Crippen molar-refractivity contribution in [3.8, 4) is 16.9 Å². The number of fused-ring (bicyclic) bond motifs is 3. The predicted molar refractivity (Wildman–Crippen MR) is 146 cm³/mol. The van der Waals surface area contributed by atoms with Crippen LogP contribution in [0.25, 0.3) is 11.1 Å². The fourth-order valence-electron chi connectivity index (χ4n) is 4.37. The fraction of sp³-hybridized carbons (Fsp3) is 0.379. The molecule has 2 aliphatic rings. The summed E-state index contributed by atoms with van der Waals surface area (Å²) >= 11 is 0. The van der Waals surface area contributed by atoms with E-state index < -0.39 is 10.1 Å². The molecule has 3 aromatic rings. The maximum absolute atomic E-state index is 9.83. The average Bonchev–Trinajstić information content (AvgIpc) is 3.49. The molecule has 1 heterocycles. The molecule has 1 N–H and O–H groups in total. The zero-order valence-electron chi connectivity index (χ0n) is 20.9. The van der Waals surface area contributed by atoms with Gasteiger partial charge in [-0.3, -0.25) is 0 Å². The Morgan fingerprint density at radius 3 is 1.80 bits per heavy atom. The number of aromatic hydroxyl groups is 1. The van der Waals surface area contributed by atoms with E-state index in [1.54, 1.807) is 0 Å². The molecule has 1 aliphatic heterocycles. The summed E-state index contributed by atoms with van der Waals surface area (Å²) in [6.45, 7) is 5.82. The third kappa shape index (κ3) is 7.86. The number of unbranched alkanes of at least 4 members (excludes halogenated alkanes) is 1. The zero-order chi connectivity index (χ0) is 25.4. The van der Waals surface area contributed by atoms with Crippen LogP contribution in [0.2, 0.25) is 0 Å². The first-order chi connectivity index (χ1) is 16.7. The van der Waals surface area contributed by atoms with Gasteiger partial charge in [-0.15, -0.1) is 0 Å². The summed E-state index contributed by atoms with van der Waals surface area (Å²) in [5.74, 6) is 2.95. The van der Waals surface area contributed by atoms with Gasteiger partial charge in [-0.25, -0.2) is 8.42 Å². The predicted octanol–water partition coefficient (Wildman–Crippen LogP) is 6.37. The van der Waals surface area contributed by atoms with Gasteiger partial charge in [0.1, 0.15) is 17.3 Å². The van der Waals surface area contributed by atoms with Crippen LogP contribution in [0, 0.1) is 13.8 Å². The highest BCUT2D eigenvalue weighted by atomic mass is 32.2. The highest BCUT2D eigenvalue weighted by Crippen LogP contribution is 2.35. The van der Waals surface area contributed by atoms with Gasteiger partial charge in [0.25, 0.3) is 0 Å². The first-order valence-corrected chi connectivity index (χ1v) is 15.4. The number of aryl methyl sites for hydroxylation is 2. The summed E-state index contributed by atoms with van der Waals surface area (Å²) in [6, 6.07) is 21.6. The lowest BCUT2D eigenvalue weighted by molar-refractivity contribution is 0.460. The normalized spacial score (nSPS) is 14.3. The smallest absolute Gasteiger partial charge is 0.155 e. The Balaban J connectivity index is 0.000000153. The van der Waals surface area contributed by atoms with Crippen molar-refractivity contribution in [3.05, 3.63) is 82.9 Å². The molecule has 0 bridgehead atoms. The fourth-order valence-corrected chi connectivity index (χ4v) is 7.48. The molecular formula is C29H36O4S2. The molecule has 0 unspecified atom stereocenters. The first-order valence-electron chi connectivity index (χ1n) is 12.3. The number of phenols is 1. The Labute approximate surface area is 213 Å². The molecule has 4 nitrogen and oxygen atoms in total. The van der Waals surface area contributed by atoms with Crippen LogP contribution in [0.1, 0.15) is 54.9 Å². The van der Waals surface area contributed by atoms with Crippen LogP contribution in [-0.4, -0.2) is 35.3 Å². The van der Waals surface area contributed by atoms with Crippen LogP contribution in [0.4, 0.5) is 0 Å². The molecular weight excluding hydrogens is 476 g/mol. The van der Waals surface area contributed by atoms with E-state index in [0.29, 0.717) is 23.1 Å². The van der Waals surface area contributed by atoms with E-state index in [1.165, 1.54) is 51.5 Å². The van der Waals surface area contributed by atoms with Crippen molar-refractivity contribution in [2.45, 2.75) is 57.8 Å². The Bertz CT molecular complexity index is 1160. The van der Waals surface area contributed by atoms with Gasteiger partial charge in [0.15, 0.2) is 4.90 Å². The topological polar surface area (TPSA) is 77.4 Å². The molecule has 3 aromatic carbocycles. The minimum atomic E-state index is -3.94. The Morgan fingerprint density at radius 1 is 0.886 bits per heavy atom. The third-order valence-electron chi connectivity index (χ3n) is 6.28. The second-order valence-corrected chi connectivity index (χ2v) is 12.9. The zero-order valence-corrected chi connectivity index (χ0v) is 22.6. The SMILES string of the molecule is CCCCS(=O)(=O)[O-].Cc1cc([S+]2CCCC2)cc(C)c1O.c1ccc2c(c1)Cc1ccccc1-2. The van der Waals surface area contributed by atoms with E-state index in [1.807, 2.05) is 20.8 Å². The standard InChI is InChI=1S/C13H10.C12H16OS.C4H10O3S/c1-3-7-12-10(5-1)9-11-6-2-4-8-13(11)12;1-9-7-11(8-10(2)12(9)13)14-5-3-4-6-14;1-2-3-4-8(5,6)7/h1-8H,9H2;7-8H,3-6H2,1-2H3;2-4H2,1H3,(H,5,6,7). The van der Waals surface area contributed by atoms with Crippen molar-refractivity contribution >= 4 is 21.0 Å². The van der Waals surface area contributed by atoms with Crippen molar-refractivity contribution in [1.82, 2.24) is 0 Å². The van der Waals surface area contributed by atoms with E-state index in [4.69, 9.17) is 0 Å². The summed E-state index contributed by atoms with van der Waals surface area (Å²) in [5, 5.41) is 9.68. The van der Waals surface area contributed by atoms with Gasteiger partial charge in [0, 0.05) is 16.6 Å². The van der Waals surface area contributed by atoms with Crippen molar-refractivity contribution in [2.24, 2.45) is 0 Å². The van der Waals surface area contributed by atoms with Crippen LogP contribution < -0.4 is 0 Å². The van der Waals surface area contributed by atoms with Crippen LogP contribution in [0.5, 0.6) is 5.75 Å². The van der Waals surface area contributed by atoms with Gasteiger partial charge in [-0.05, 0) is 85.0 Å². The summed E-state index contributed by atoms with van der Waals surface area (Å²) in [5.41, 5.74) is 7.81. The van der Waals surface area contributed by atoms with E-state index in [2.05, 4.69) is 60.7 Å². The molecule has 0 saturated carbocycles. The van der Waals surface area contributed by atoms with Crippen LogP contribution in [0.3, 0.4) is 0 Å². The first kappa shape index (κ1) is 27.3. The summed E-state index contributed by atoms with van der Waals surface area (Å²) < 4.78 is 29.5. The number of benzene rings is 3. The van der Waals surface area contributed by atoms with Crippen LogP contribution >= 0.6 is 0 Å². The minimum absolute atomic E-state index is 0.219. The number of phenolic OH excluding ortho intramolecular Hbond substituents is 1. The molecule has 1 aliphatic carbocycles. The number of rotatable bonds is 4. The maximum atomic E-state index is 9.83. The third-order valence-corrected chi connectivity index (χ3v) is 9.54. The molecule has 35 heavy (non-hydrogen) atoms. The quantitative estimate of drug-likeness (QED) is 0.255. The van der Waals surface area contributed by atoms with Crippen molar-refractivity contribution in [2.75, 3.05) is 17.3 Å². The summed E-state index contributed by atoms with van der Waals surface area (Å²) in [7, 11) is -3.47. The molecule has 1 saturated heterocycles. The van der Waals surface area contributed by atoms with Gasteiger partial charge in [-0.1, -0.05) is 61.9 Å². The lowest BCUT2D eigenvalue weighted by Crippen LogP contribution is -2.04. The second-order valence-electron chi connectivity index (χ2n) is 9.12. The highest BCUT2D eigenvalue weighted by molar-refractivity contribution is 7.97. The van der Waals surface area contributed by atoms with Gasteiger partial charge in [-0.2, -0.15) is 0 Å². The van der Waals surface area contributed by atoms with Gasteiger partial charge < -0.3 is 9.66 Å². The molecule has 0 aromatic heterocycles. The number of hydrogen-bond donors (Lipinski definition) is 1. The largest absolute Gasteiger partial charge is 0.748 e. The number of hydrogen-bond acceptors (Lipinski definition) is 4. The lowest BCUT2D eigenvalue weighted by Gasteiger charge is -2.06. The minimum Gasteiger partial charge on any atom is -0.748 e. The van der Waals surface area contributed by atoms with E-state index in [-0.39, 0.29) is 5.75 Å². The highest BCUT2D eigenvalue weighted by Gasteiger charge is 2.27. The van der Waals surface area contributed by atoms with Crippen molar-refractivity contribution < 1.29 is 18.1 Å². The monoisotopic (exact) mass is 512 g/mol. The Morgan fingerprint density at radius 2 is 1.37 bits per heavy atom. The molecule has 188 valence electrons. The van der Waals surface area contributed by atoms with Gasteiger partial charge >= 0.3 is 0 Å². The van der Waals surface area contributed by atoms with E-state index >= 15 is 0 Å². The van der Waals surface area contributed by atoms with Gasteiger partial charge in [0.05, 0.1) is 10.1 Å². The molecule has 6 heteroatoms. The average molecular weight is 513 g/mol. The van der Waals surface area contributed by atoms with Gasteiger partial charge in [0.2, 0.25) is 0 Å². The summed E-state index contributed by atoms with van der Waals surface area (Å²) in [4.78, 5) is 1.45.